The molecule has 3 N–H and O–H groups in total. The minimum absolute atomic E-state index is 0.221. The van der Waals surface area contributed by atoms with Gasteiger partial charge in [-0.3, -0.25) is 0 Å². The molecule has 150 valence electrons. The Morgan fingerprint density at radius 3 is 2.34 bits per heavy atom. The molecule has 0 saturated carbocycles. The smallest absolute Gasteiger partial charge is 0.122 e. The minimum atomic E-state index is -0.773. The first-order valence-electron chi connectivity index (χ1n) is 9.66. The molecule has 0 unspecified atom stereocenters. The number of aliphatic hydroxyl groups is 2. The van der Waals surface area contributed by atoms with Crippen LogP contribution in [0.5, 0.6) is 5.75 Å². The molecular weight excluding hydrogens is 380 g/mol. The van der Waals surface area contributed by atoms with E-state index in [-0.39, 0.29) is 5.75 Å². The lowest BCUT2D eigenvalue weighted by molar-refractivity contribution is 0.0343. The van der Waals surface area contributed by atoms with Crippen LogP contribution in [0.4, 0.5) is 0 Å². The number of para-hydroxylation sites is 1. The Morgan fingerprint density at radius 1 is 0.966 bits per heavy atom. The van der Waals surface area contributed by atoms with Crippen LogP contribution < -0.4 is 0 Å². The second kappa shape index (κ2) is 10.2. The summed E-state index contributed by atoms with van der Waals surface area (Å²) in [6, 6.07) is 20.9. The van der Waals surface area contributed by atoms with Crippen molar-refractivity contribution < 1.29 is 15.3 Å². The lowest BCUT2D eigenvalue weighted by atomic mass is 9.89. The van der Waals surface area contributed by atoms with Gasteiger partial charge in [0.25, 0.3) is 0 Å². The predicted molar refractivity (Wildman–Crippen MR) is 121 cm³/mol. The van der Waals surface area contributed by atoms with Gasteiger partial charge in [-0.25, -0.2) is 0 Å². The Hall–Kier alpha value is -2.66. The number of hydrogen-bond donors (Lipinski definition) is 3. The summed E-state index contributed by atoms with van der Waals surface area (Å²) in [5, 5.41) is 33.5. The SMILES string of the molecule is C=C[C@H]([C@H](O)CC/C(=C/c1ccccc1O)c1ccccc1)[C@H](O)c1cccs1. The third kappa shape index (κ3) is 5.45. The third-order valence-electron chi connectivity index (χ3n) is 5.04. The average molecular weight is 407 g/mol. The molecule has 1 aromatic heterocycles. The van der Waals surface area contributed by atoms with Gasteiger partial charge in [0.1, 0.15) is 5.75 Å². The van der Waals surface area contributed by atoms with Crippen LogP contribution in [-0.4, -0.2) is 21.4 Å². The van der Waals surface area contributed by atoms with Gasteiger partial charge in [-0.15, -0.1) is 17.9 Å². The Bertz CT molecular complexity index is 932. The molecule has 1 heterocycles. The zero-order valence-electron chi connectivity index (χ0n) is 16.2. The van der Waals surface area contributed by atoms with E-state index in [2.05, 4.69) is 6.58 Å². The van der Waals surface area contributed by atoms with E-state index in [4.69, 9.17) is 0 Å². The summed E-state index contributed by atoms with van der Waals surface area (Å²) in [6.45, 7) is 3.81. The quantitative estimate of drug-likeness (QED) is 0.317. The highest BCUT2D eigenvalue weighted by Gasteiger charge is 2.26. The monoisotopic (exact) mass is 406 g/mol. The summed E-state index contributed by atoms with van der Waals surface area (Å²) < 4.78 is 0. The van der Waals surface area contributed by atoms with Crippen LogP contribution in [0.25, 0.3) is 11.6 Å². The van der Waals surface area contributed by atoms with Crippen LogP contribution in [0, 0.1) is 5.92 Å². The molecule has 0 radical (unpaired) electrons. The highest BCUT2D eigenvalue weighted by molar-refractivity contribution is 7.10. The minimum Gasteiger partial charge on any atom is -0.507 e. The maximum absolute atomic E-state index is 10.8. The number of aromatic hydroxyl groups is 1. The number of hydrogen-bond acceptors (Lipinski definition) is 4. The highest BCUT2D eigenvalue weighted by Crippen LogP contribution is 2.33. The molecule has 2 aromatic carbocycles. The van der Waals surface area contributed by atoms with Crippen molar-refractivity contribution in [1.29, 1.82) is 0 Å². The van der Waals surface area contributed by atoms with E-state index in [0.717, 1.165) is 21.6 Å². The number of phenols is 1. The van der Waals surface area contributed by atoms with Gasteiger partial charge >= 0.3 is 0 Å². The van der Waals surface area contributed by atoms with E-state index in [1.54, 1.807) is 18.2 Å². The van der Waals surface area contributed by atoms with Gasteiger partial charge in [0.05, 0.1) is 12.2 Å². The summed E-state index contributed by atoms with van der Waals surface area (Å²) in [5.74, 6) is -0.227. The molecule has 29 heavy (non-hydrogen) atoms. The molecule has 0 saturated heterocycles. The first kappa shape index (κ1) is 21.1. The van der Waals surface area contributed by atoms with E-state index in [0.29, 0.717) is 12.8 Å². The van der Waals surface area contributed by atoms with Gasteiger partial charge in [-0.05, 0) is 47.6 Å². The third-order valence-corrected chi connectivity index (χ3v) is 5.98. The van der Waals surface area contributed by atoms with Crippen molar-refractivity contribution in [1.82, 2.24) is 0 Å². The Labute approximate surface area is 175 Å². The van der Waals surface area contributed by atoms with Gasteiger partial charge in [0.2, 0.25) is 0 Å². The zero-order chi connectivity index (χ0) is 20.6. The maximum atomic E-state index is 10.8. The summed E-state index contributed by atoms with van der Waals surface area (Å²) in [7, 11) is 0. The largest absolute Gasteiger partial charge is 0.507 e. The van der Waals surface area contributed by atoms with Crippen LogP contribution in [0.1, 0.15) is 34.9 Å². The Kier molecular flexibility index (Phi) is 7.42. The van der Waals surface area contributed by atoms with Crippen LogP contribution >= 0.6 is 11.3 Å². The van der Waals surface area contributed by atoms with E-state index in [1.165, 1.54) is 11.3 Å². The first-order chi connectivity index (χ1) is 14.1. The zero-order valence-corrected chi connectivity index (χ0v) is 17.0. The van der Waals surface area contributed by atoms with Gasteiger partial charge in [-0.1, -0.05) is 60.7 Å². The van der Waals surface area contributed by atoms with E-state index >= 15 is 0 Å². The molecule has 3 nitrogen and oxygen atoms in total. The maximum Gasteiger partial charge on any atom is 0.122 e. The summed E-state index contributed by atoms with van der Waals surface area (Å²) >= 11 is 1.47. The van der Waals surface area contributed by atoms with E-state index in [9.17, 15) is 15.3 Å². The number of allylic oxidation sites excluding steroid dienone is 1. The van der Waals surface area contributed by atoms with Crippen LogP contribution in [0.15, 0.2) is 84.8 Å². The molecule has 3 rings (SSSR count). The van der Waals surface area contributed by atoms with Crippen LogP contribution in [-0.2, 0) is 0 Å². The normalized spacial score (nSPS) is 14.9. The summed E-state index contributed by atoms with van der Waals surface area (Å²) in [5.41, 5.74) is 2.79. The molecule has 0 aliphatic rings. The van der Waals surface area contributed by atoms with Crippen molar-refractivity contribution in [3.63, 3.8) is 0 Å². The summed E-state index contributed by atoms with van der Waals surface area (Å²) in [6.07, 6.45) is 3.14. The fourth-order valence-corrected chi connectivity index (χ4v) is 4.16. The van der Waals surface area contributed by atoms with Gasteiger partial charge in [-0.2, -0.15) is 0 Å². The fraction of sp³-hybridized carbons (Fsp3) is 0.200. The molecule has 0 spiro atoms. The number of thiophene rings is 1. The van der Waals surface area contributed by atoms with Crippen molar-refractivity contribution >= 4 is 23.0 Å². The van der Waals surface area contributed by atoms with E-state index in [1.807, 2.05) is 66.1 Å². The van der Waals surface area contributed by atoms with Crippen molar-refractivity contribution in [2.45, 2.75) is 25.0 Å². The van der Waals surface area contributed by atoms with Crippen molar-refractivity contribution in [3.05, 3.63) is 101 Å². The standard InChI is InChI=1S/C25H26O3S/c1-2-21(25(28)24-13-8-16-29-24)23(27)15-14-19(18-9-4-3-5-10-18)17-20-11-6-7-12-22(20)26/h2-13,16-17,21,23,25-28H,1,14-15H2/b19-17-/t21-,23-,25+/m1/s1. The summed E-state index contributed by atoms with van der Waals surface area (Å²) in [4.78, 5) is 0.821. The molecular formula is C25H26O3S. The number of phenolic OH excluding ortho intramolecular Hbond substituents is 1. The second-order valence-electron chi connectivity index (χ2n) is 6.97. The highest BCUT2D eigenvalue weighted by atomic mass is 32.1. The molecule has 0 fully saturated rings. The van der Waals surface area contributed by atoms with Gasteiger partial charge in [0.15, 0.2) is 0 Å². The van der Waals surface area contributed by atoms with E-state index < -0.39 is 18.1 Å². The number of rotatable bonds is 9. The fourth-order valence-electron chi connectivity index (χ4n) is 3.39. The van der Waals surface area contributed by atoms with Crippen molar-refractivity contribution in [3.8, 4) is 5.75 Å². The topological polar surface area (TPSA) is 60.7 Å². The lowest BCUT2D eigenvalue weighted by Gasteiger charge is -2.24. The van der Waals surface area contributed by atoms with Crippen molar-refractivity contribution in [2.24, 2.45) is 5.92 Å². The lowest BCUT2D eigenvalue weighted by Crippen LogP contribution is -2.24. The molecule has 0 aliphatic heterocycles. The number of aliphatic hydroxyl groups excluding tert-OH is 2. The molecule has 4 heteroatoms. The average Bonchev–Trinajstić information content (AvgIpc) is 3.28. The van der Waals surface area contributed by atoms with Crippen LogP contribution in [0.2, 0.25) is 0 Å². The molecule has 3 aromatic rings. The molecule has 0 amide bonds. The Balaban J connectivity index is 1.79. The first-order valence-corrected chi connectivity index (χ1v) is 10.5. The number of benzene rings is 2. The molecule has 3 atom stereocenters. The molecule has 0 bridgehead atoms. The second-order valence-corrected chi connectivity index (χ2v) is 7.95. The van der Waals surface area contributed by atoms with Crippen LogP contribution in [0.3, 0.4) is 0 Å². The molecule has 0 aliphatic carbocycles. The van der Waals surface area contributed by atoms with Crippen molar-refractivity contribution in [2.75, 3.05) is 0 Å². The Morgan fingerprint density at radius 2 is 1.69 bits per heavy atom. The van der Waals surface area contributed by atoms with Gasteiger partial charge in [0, 0.05) is 16.4 Å². The predicted octanol–water partition coefficient (Wildman–Crippen LogP) is 5.67. The van der Waals surface area contributed by atoms with Gasteiger partial charge < -0.3 is 15.3 Å².